The highest BCUT2D eigenvalue weighted by Crippen LogP contribution is 2.24. The Labute approximate surface area is 165 Å². The van der Waals surface area contributed by atoms with Crippen LogP contribution in [0.5, 0.6) is 0 Å². The fraction of sp³-hybridized carbons (Fsp3) is 0.158. The van der Waals surface area contributed by atoms with Crippen LogP contribution in [-0.2, 0) is 11.3 Å². The summed E-state index contributed by atoms with van der Waals surface area (Å²) in [4.78, 5) is 28.3. The Hall–Kier alpha value is -3.20. The van der Waals surface area contributed by atoms with Gasteiger partial charge in [0.05, 0.1) is 10.8 Å². The van der Waals surface area contributed by atoms with Crippen LogP contribution in [0.15, 0.2) is 59.8 Å². The number of H-pyrrole nitrogens is 1. The maximum Gasteiger partial charge on any atom is 0.321 e. The number of carbonyl (C=O) groups excluding carboxylic acids is 2. The van der Waals surface area contributed by atoms with Crippen LogP contribution in [0.25, 0.3) is 11.4 Å². The second-order valence-electron chi connectivity index (χ2n) is 5.86. The maximum atomic E-state index is 13.8. The van der Waals surface area contributed by atoms with Gasteiger partial charge in [0.25, 0.3) is 0 Å². The zero-order valence-corrected chi connectivity index (χ0v) is 15.8. The lowest BCUT2D eigenvalue weighted by atomic mass is 10.2. The molecule has 0 aliphatic rings. The van der Waals surface area contributed by atoms with E-state index >= 15 is 0 Å². The number of carbonyl (C=O) groups is 2. The lowest BCUT2D eigenvalue weighted by molar-refractivity contribution is -0.119. The number of hydrogen-bond acceptors (Lipinski definition) is 5. The van der Waals surface area contributed by atoms with Gasteiger partial charge in [0, 0.05) is 6.54 Å². The van der Waals surface area contributed by atoms with Crippen LogP contribution in [0, 0.1) is 5.82 Å². The molecule has 0 spiro atoms. The van der Waals surface area contributed by atoms with Gasteiger partial charge in [-0.15, -0.1) is 5.10 Å². The van der Waals surface area contributed by atoms with Crippen LogP contribution >= 0.6 is 11.8 Å². The van der Waals surface area contributed by atoms with E-state index in [1.54, 1.807) is 25.1 Å². The number of hydrogen-bond donors (Lipinski definition) is 3. The molecule has 1 atom stereocenters. The van der Waals surface area contributed by atoms with Gasteiger partial charge in [0.1, 0.15) is 5.82 Å². The van der Waals surface area contributed by atoms with E-state index in [4.69, 9.17) is 0 Å². The number of aromatic nitrogens is 3. The Morgan fingerprint density at radius 3 is 2.61 bits per heavy atom. The fourth-order valence-corrected chi connectivity index (χ4v) is 3.04. The smallest absolute Gasteiger partial charge is 0.321 e. The number of nitrogens with zero attached hydrogens (tertiary/aromatic N) is 2. The van der Waals surface area contributed by atoms with Gasteiger partial charge in [0.2, 0.25) is 11.1 Å². The number of urea groups is 1. The third-order valence-corrected chi connectivity index (χ3v) is 4.74. The summed E-state index contributed by atoms with van der Waals surface area (Å²) >= 11 is 1.06. The van der Waals surface area contributed by atoms with Crippen LogP contribution in [0.2, 0.25) is 0 Å². The van der Waals surface area contributed by atoms with E-state index in [9.17, 15) is 14.0 Å². The van der Waals surface area contributed by atoms with Gasteiger partial charge in [-0.2, -0.15) is 0 Å². The first-order valence-electron chi connectivity index (χ1n) is 8.49. The van der Waals surface area contributed by atoms with Gasteiger partial charge in [-0.25, -0.2) is 14.2 Å². The van der Waals surface area contributed by atoms with E-state index < -0.39 is 23.0 Å². The number of imide groups is 1. The van der Waals surface area contributed by atoms with E-state index in [0.29, 0.717) is 12.1 Å². The average molecular weight is 399 g/mol. The molecule has 3 rings (SSSR count). The molecule has 28 heavy (non-hydrogen) atoms. The fourth-order valence-electron chi connectivity index (χ4n) is 2.32. The predicted octanol–water partition coefficient (Wildman–Crippen LogP) is 3.12. The number of aromatic amines is 1. The Balaban J connectivity index is 1.51. The largest absolute Gasteiger partial charge is 0.334 e. The SMILES string of the molecule is C[C@@H](Sc1n[nH]c(-c2ccccc2F)n1)C(=O)NC(=O)NCc1ccccc1. The summed E-state index contributed by atoms with van der Waals surface area (Å²) in [6.45, 7) is 1.94. The molecule has 144 valence electrons. The van der Waals surface area contributed by atoms with Gasteiger partial charge in [-0.05, 0) is 24.6 Å². The molecule has 3 amide bonds. The van der Waals surface area contributed by atoms with Crippen molar-refractivity contribution in [3.8, 4) is 11.4 Å². The molecule has 2 aromatic carbocycles. The molecule has 9 heteroatoms. The van der Waals surface area contributed by atoms with Gasteiger partial charge in [-0.3, -0.25) is 15.2 Å². The first kappa shape index (κ1) is 19.6. The summed E-state index contributed by atoms with van der Waals surface area (Å²) in [5.74, 6) is -0.627. The van der Waals surface area contributed by atoms with Crippen molar-refractivity contribution < 1.29 is 14.0 Å². The van der Waals surface area contributed by atoms with E-state index in [1.165, 1.54) is 6.07 Å². The third-order valence-electron chi connectivity index (χ3n) is 3.78. The van der Waals surface area contributed by atoms with Crippen molar-refractivity contribution in [2.24, 2.45) is 0 Å². The van der Waals surface area contributed by atoms with Crippen molar-refractivity contribution in [2.45, 2.75) is 23.9 Å². The Morgan fingerprint density at radius 1 is 1.14 bits per heavy atom. The van der Waals surface area contributed by atoms with Crippen LogP contribution in [0.4, 0.5) is 9.18 Å². The van der Waals surface area contributed by atoms with Gasteiger partial charge in [0.15, 0.2) is 5.82 Å². The molecule has 0 aliphatic carbocycles. The van der Waals surface area contributed by atoms with E-state index in [-0.39, 0.29) is 11.0 Å². The van der Waals surface area contributed by atoms with Crippen LogP contribution in [-0.4, -0.2) is 32.4 Å². The lowest BCUT2D eigenvalue weighted by Crippen LogP contribution is -2.42. The molecule has 0 aliphatic heterocycles. The second kappa shape index (κ2) is 9.14. The summed E-state index contributed by atoms with van der Waals surface area (Å²) in [7, 11) is 0. The van der Waals surface area contributed by atoms with Crippen LogP contribution < -0.4 is 10.6 Å². The number of halogens is 1. The maximum absolute atomic E-state index is 13.8. The highest BCUT2D eigenvalue weighted by atomic mass is 32.2. The van der Waals surface area contributed by atoms with Gasteiger partial charge < -0.3 is 5.32 Å². The molecular weight excluding hydrogens is 381 g/mol. The molecule has 0 fully saturated rings. The van der Waals surface area contributed by atoms with Crippen molar-refractivity contribution in [1.29, 1.82) is 0 Å². The molecule has 0 saturated heterocycles. The summed E-state index contributed by atoms with van der Waals surface area (Å²) in [6, 6.07) is 15.0. The third kappa shape index (κ3) is 5.17. The minimum absolute atomic E-state index is 0.272. The first-order chi connectivity index (χ1) is 13.5. The molecule has 0 saturated carbocycles. The second-order valence-corrected chi connectivity index (χ2v) is 7.17. The minimum atomic E-state index is -0.619. The van der Waals surface area contributed by atoms with E-state index in [0.717, 1.165) is 17.3 Å². The average Bonchev–Trinajstić information content (AvgIpc) is 3.15. The highest BCUT2D eigenvalue weighted by Gasteiger charge is 2.20. The zero-order valence-electron chi connectivity index (χ0n) is 15.0. The topological polar surface area (TPSA) is 99.8 Å². The molecule has 0 unspecified atom stereocenters. The quantitative estimate of drug-likeness (QED) is 0.553. The van der Waals surface area contributed by atoms with Crippen molar-refractivity contribution in [1.82, 2.24) is 25.8 Å². The summed E-state index contributed by atoms with van der Waals surface area (Å²) in [5, 5.41) is 11.2. The number of benzene rings is 2. The predicted molar refractivity (Wildman–Crippen MR) is 104 cm³/mol. The Kier molecular flexibility index (Phi) is 6.38. The number of rotatable bonds is 6. The number of nitrogens with one attached hydrogen (secondary N) is 3. The monoisotopic (exact) mass is 399 g/mol. The molecule has 7 nitrogen and oxygen atoms in total. The van der Waals surface area contributed by atoms with E-state index in [1.807, 2.05) is 30.3 Å². The van der Waals surface area contributed by atoms with Crippen molar-refractivity contribution in [2.75, 3.05) is 0 Å². The molecule has 1 heterocycles. The van der Waals surface area contributed by atoms with Crippen LogP contribution in [0.1, 0.15) is 12.5 Å². The van der Waals surface area contributed by atoms with Gasteiger partial charge >= 0.3 is 6.03 Å². The van der Waals surface area contributed by atoms with Crippen molar-refractivity contribution in [3.05, 3.63) is 66.0 Å². The number of amides is 3. The standard InChI is InChI=1S/C19H18FN5O2S/c1-12(17(26)23-18(27)21-11-13-7-3-2-4-8-13)28-19-22-16(24-25-19)14-9-5-6-10-15(14)20/h2-10,12H,11H2,1H3,(H,22,24,25)(H2,21,23,26,27)/t12-/m1/s1. The van der Waals surface area contributed by atoms with Crippen molar-refractivity contribution >= 4 is 23.7 Å². The molecule has 3 aromatic rings. The lowest BCUT2D eigenvalue weighted by Gasteiger charge is -2.10. The van der Waals surface area contributed by atoms with Gasteiger partial charge in [-0.1, -0.05) is 54.2 Å². The normalized spacial score (nSPS) is 11.6. The van der Waals surface area contributed by atoms with Crippen LogP contribution in [0.3, 0.4) is 0 Å². The minimum Gasteiger partial charge on any atom is -0.334 e. The molecule has 0 radical (unpaired) electrons. The molecular formula is C19H18FN5O2S. The highest BCUT2D eigenvalue weighted by molar-refractivity contribution is 8.00. The molecule has 3 N–H and O–H groups in total. The zero-order chi connectivity index (χ0) is 19.9. The summed E-state index contributed by atoms with van der Waals surface area (Å²) in [6.07, 6.45) is 0. The summed E-state index contributed by atoms with van der Waals surface area (Å²) in [5.41, 5.74) is 1.22. The van der Waals surface area contributed by atoms with Crippen molar-refractivity contribution in [3.63, 3.8) is 0 Å². The number of thioether (sulfide) groups is 1. The summed E-state index contributed by atoms with van der Waals surface area (Å²) < 4.78 is 13.8. The Morgan fingerprint density at radius 2 is 1.86 bits per heavy atom. The first-order valence-corrected chi connectivity index (χ1v) is 9.37. The molecule has 1 aromatic heterocycles. The van der Waals surface area contributed by atoms with E-state index in [2.05, 4.69) is 25.8 Å². The molecule has 0 bridgehead atoms. The Bertz CT molecular complexity index is 964.